The molecule has 0 spiro atoms. The average molecular weight is 394 g/mol. The van der Waals surface area contributed by atoms with Gasteiger partial charge in [0.2, 0.25) is 0 Å². The third-order valence-corrected chi connectivity index (χ3v) is 7.17. The van der Waals surface area contributed by atoms with E-state index in [0.29, 0.717) is 0 Å². The van der Waals surface area contributed by atoms with Crippen LogP contribution in [0.3, 0.4) is 0 Å². The van der Waals surface area contributed by atoms with Crippen LogP contribution in [0, 0.1) is 0 Å². The summed E-state index contributed by atoms with van der Waals surface area (Å²) in [5, 5.41) is 0. The highest BCUT2D eigenvalue weighted by Crippen LogP contribution is 2.48. The van der Waals surface area contributed by atoms with Crippen LogP contribution in [0.25, 0.3) is 22.4 Å². The van der Waals surface area contributed by atoms with E-state index < -0.39 is 11.1 Å². The number of hydrogen-bond acceptors (Lipinski definition) is 2. The van der Waals surface area contributed by atoms with Gasteiger partial charge in [0.1, 0.15) is 0 Å². The van der Waals surface area contributed by atoms with E-state index in [0.717, 1.165) is 44.7 Å². The summed E-state index contributed by atoms with van der Waals surface area (Å²) in [6.07, 6.45) is 0. The van der Waals surface area contributed by atoms with Crippen LogP contribution in [0.5, 0.6) is 0 Å². The molecule has 0 amide bonds. The lowest BCUT2D eigenvalue weighted by atomic mass is 9.70. The topological polar surface area (TPSA) is 44.0 Å². The van der Waals surface area contributed by atoms with E-state index in [1.165, 1.54) is 0 Å². The highest BCUT2D eigenvalue weighted by atomic mass is 16.2. The van der Waals surface area contributed by atoms with Gasteiger partial charge in [0, 0.05) is 10.8 Å². The second-order valence-corrected chi connectivity index (χ2v) is 9.42. The van der Waals surface area contributed by atoms with Crippen molar-refractivity contribution in [2.45, 2.75) is 38.5 Å². The van der Waals surface area contributed by atoms with E-state index >= 15 is 0 Å². The molecule has 4 aromatic rings. The Morgan fingerprint density at radius 1 is 0.533 bits per heavy atom. The van der Waals surface area contributed by atoms with Crippen molar-refractivity contribution in [2.24, 2.45) is 0 Å². The molecule has 4 nitrogen and oxygen atoms in total. The quantitative estimate of drug-likeness (QED) is 0.415. The maximum atomic E-state index is 13.5. The molecule has 1 aromatic heterocycles. The number of para-hydroxylation sites is 2. The number of hydrogen-bond donors (Lipinski definition) is 0. The number of fused-ring (bicyclic) bond motifs is 4. The molecule has 0 aliphatic carbocycles. The molecule has 0 N–H and O–H groups in total. The molecule has 0 saturated heterocycles. The summed E-state index contributed by atoms with van der Waals surface area (Å²) >= 11 is 0. The third kappa shape index (κ3) is 1.79. The first-order chi connectivity index (χ1) is 14.3. The van der Waals surface area contributed by atoms with Crippen molar-refractivity contribution in [1.29, 1.82) is 0 Å². The molecular formula is C26H22N2O2. The summed E-state index contributed by atoms with van der Waals surface area (Å²) in [5.74, 6) is 0. The molecule has 30 heavy (non-hydrogen) atoms. The molecule has 0 saturated carbocycles. The second-order valence-electron chi connectivity index (χ2n) is 9.42. The first-order valence-electron chi connectivity index (χ1n) is 10.3. The van der Waals surface area contributed by atoms with Crippen LogP contribution in [0.2, 0.25) is 0 Å². The molecule has 2 aliphatic heterocycles. The smallest absolute Gasteiger partial charge is 0.270 e. The number of aromatic nitrogens is 2. The largest absolute Gasteiger partial charge is 0.321 e. The van der Waals surface area contributed by atoms with Gasteiger partial charge in [-0.15, -0.1) is 0 Å². The van der Waals surface area contributed by atoms with Crippen LogP contribution in [-0.4, -0.2) is 9.13 Å². The number of benzene rings is 3. The van der Waals surface area contributed by atoms with Crippen molar-refractivity contribution in [3.8, 4) is 11.4 Å². The Balaban J connectivity index is 1.97. The Kier molecular flexibility index (Phi) is 3.02. The van der Waals surface area contributed by atoms with E-state index in [1.807, 2.05) is 36.4 Å². The van der Waals surface area contributed by atoms with Gasteiger partial charge in [0.15, 0.2) is 0 Å². The zero-order valence-electron chi connectivity index (χ0n) is 17.5. The summed E-state index contributed by atoms with van der Waals surface area (Å²) < 4.78 is 3.30. The molecule has 3 heterocycles. The predicted octanol–water partition coefficient (Wildman–Crippen LogP) is 4.42. The molecule has 148 valence electrons. The average Bonchev–Trinajstić information content (AvgIpc) is 2.73. The minimum absolute atomic E-state index is 0.287. The van der Waals surface area contributed by atoms with Crippen LogP contribution < -0.4 is 11.1 Å². The Bertz CT molecular complexity index is 1420. The standard InChI is InChI=1S/C26H22N2O2/c1-25(2)15-9-5-7-11-19(15)27-21-17(25)13-14-18-22(21)28(24(30)23(27)29)20-12-8-6-10-16(20)26(18,3)4/h5-14H,1-4H3. The molecule has 0 radical (unpaired) electrons. The van der Waals surface area contributed by atoms with E-state index in [-0.39, 0.29) is 10.8 Å². The van der Waals surface area contributed by atoms with Crippen LogP contribution in [0.1, 0.15) is 49.9 Å². The van der Waals surface area contributed by atoms with Crippen molar-refractivity contribution < 1.29 is 0 Å². The van der Waals surface area contributed by atoms with Crippen molar-refractivity contribution in [1.82, 2.24) is 9.13 Å². The molecular weight excluding hydrogens is 372 g/mol. The van der Waals surface area contributed by atoms with Gasteiger partial charge in [-0.3, -0.25) is 18.7 Å². The fourth-order valence-corrected chi connectivity index (χ4v) is 5.58. The van der Waals surface area contributed by atoms with Crippen LogP contribution in [0.4, 0.5) is 0 Å². The SMILES string of the molecule is CC1(C)c2ccccc2-n2c(=O)c(=O)n3c4c(ccc1c42)C(C)(C)c1ccccc1-3. The Morgan fingerprint density at radius 2 is 0.900 bits per heavy atom. The molecule has 2 aliphatic rings. The second kappa shape index (κ2) is 5.20. The first-order valence-corrected chi connectivity index (χ1v) is 10.3. The van der Waals surface area contributed by atoms with Gasteiger partial charge < -0.3 is 0 Å². The molecule has 0 fully saturated rings. The molecule has 0 bridgehead atoms. The van der Waals surface area contributed by atoms with Gasteiger partial charge in [-0.1, -0.05) is 76.2 Å². The zero-order valence-corrected chi connectivity index (χ0v) is 17.5. The lowest BCUT2D eigenvalue weighted by Crippen LogP contribution is -2.46. The third-order valence-electron chi connectivity index (χ3n) is 7.17. The minimum atomic E-state index is -0.502. The van der Waals surface area contributed by atoms with Gasteiger partial charge in [-0.05, 0) is 34.4 Å². The summed E-state index contributed by atoms with van der Waals surface area (Å²) in [6.45, 7) is 8.76. The highest BCUT2D eigenvalue weighted by molar-refractivity contribution is 5.92. The van der Waals surface area contributed by atoms with E-state index in [9.17, 15) is 9.59 Å². The van der Waals surface area contributed by atoms with Gasteiger partial charge in [-0.2, -0.15) is 0 Å². The molecule has 0 atom stereocenters. The van der Waals surface area contributed by atoms with Gasteiger partial charge in [0.05, 0.1) is 22.4 Å². The Labute approximate surface area is 174 Å². The minimum Gasteiger partial charge on any atom is -0.270 e. The summed E-state index contributed by atoms with van der Waals surface area (Å²) in [6, 6.07) is 20.1. The summed E-state index contributed by atoms with van der Waals surface area (Å²) in [7, 11) is 0. The Morgan fingerprint density at radius 3 is 1.30 bits per heavy atom. The predicted molar refractivity (Wildman–Crippen MR) is 119 cm³/mol. The summed E-state index contributed by atoms with van der Waals surface area (Å²) in [4.78, 5) is 27.0. The van der Waals surface area contributed by atoms with E-state index in [1.54, 1.807) is 9.13 Å². The fourth-order valence-electron chi connectivity index (χ4n) is 5.58. The number of rotatable bonds is 0. The van der Waals surface area contributed by atoms with Crippen LogP contribution in [0.15, 0.2) is 70.3 Å². The zero-order chi connectivity index (χ0) is 21.0. The maximum absolute atomic E-state index is 13.5. The molecule has 3 aromatic carbocycles. The van der Waals surface area contributed by atoms with E-state index in [2.05, 4.69) is 52.0 Å². The highest BCUT2D eigenvalue weighted by Gasteiger charge is 2.41. The first kappa shape index (κ1) is 17.5. The molecule has 6 rings (SSSR count). The van der Waals surface area contributed by atoms with Crippen molar-refractivity contribution >= 4 is 11.0 Å². The van der Waals surface area contributed by atoms with Gasteiger partial charge in [-0.25, -0.2) is 0 Å². The maximum Gasteiger partial charge on any atom is 0.321 e. The number of nitrogens with zero attached hydrogens (tertiary/aromatic N) is 2. The van der Waals surface area contributed by atoms with E-state index in [4.69, 9.17) is 0 Å². The van der Waals surface area contributed by atoms with Crippen molar-refractivity contribution in [3.05, 3.63) is 104 Å². The Hall–Kier alpha value is -3.40. The van der Waals surface area contributed by atoms with Crippen molar-refractivity contribution in [3.63, 3.8) is 0 Å². The fraction of sp³-hybridized carbons (Fsp3) is 0.231. The lowest BCUT2D eigenvalue weighted by molar-refractivity contribution is 0.603. The molecule has 0 unspecified atom stereocenters. The normalized spacial score (nSPS) is 16.8. The van der Waals surface area contributed by atoms with Crippen LogP contribution >= 0.6 is 0 Å². The van der Waals surface area contributed by atoms with Crippen molar-refractivity contribution in [2.75, 3.05) is 0 Å². The van der Waals surface area contributed by atoms with Gasteiger partial charge in [0.25, 0.3) is 0 Å². The van der Waals surface area contributed by atoms with Crippen LogP contribution in [-0.2, 0) is 10.8 Å². The van der Waals surface area contributed by atoms with Gasteiger partial charge >= 0.3 is 11.1 Å². The summed E-state index contributed by atoms with van der Waals surface area (Å²) in [5.41, 5.74) is 5.99. The monoisotopic (exact) mass is 394 g/mol. The lowest BCUT2D eigenvalue weighted by Gasteiger charge is -2.40. The molecule has 4 heteroatoms.